The van der Waals surface area contributed by atoms with E-state index >= 15 is 0 Å². The molecule has 1 heterocycles. The predicted molar refractivity (Wildman–Crippen MR) is 98.2 cm³/mol. The van der Waals surface area contributed by atoms with Crippen LogP contribution in [0.1, 0.15) is 44.7 Å². The number of rotatable bonds is 5. The summed E-state index contributed by atoms with van der Waals surface area (Å²) in [5, 5.41) is 8.91. The Morgan fingerprint density at radius 3 is 2.62 bits per heavy atom. The SMILES string of the molecule is CCOC(=O)N1CCCC(C(=O)N(Cc2ccc(C#N)cc2)C(C)C)C1. The number of piperidine rings is 1. The zero-order valence-corrected chi connectivity index (χ0v) is 15.8. The maximum absolute atomic E-state index is 13.1. The summed E-state index contributed by atoms with van der Waals surface area (Å²) < 4.78 is 5.07. The fourth-order valence-electron chi connectivity index (χ4n) is 3.19. The van der Waals surface area contributed by atoms with E-state index in [0.717, 1.165) is 18.4 Å². The third-order valence-electron chi connectivity index (χ3n) is 4.64. The molecule has 2 amide bonds. The van der Waals surface area contributed by atoms with E-state index in [-0.39, 0.29) is 24.0 Å². The second-order valence-corrected chi connectivity index (χ2v) is 6.85. The molecule has 1 fully saturated rings. The molecule has 1 atom stereocenters. The quantitative estimate of drug-likeness (QED) is 0.811. The van der Waals surface area contributed by atoms with Crippen LogP contribution >= 0.6 is 0 Å². The summed E-state index contributed by atoms with van der Waals surface area (Å²) in [4.78, 5) is 28.5. The minimum absolute atomic E-state index is 0.0520. The molecular weight excluding hydrogens is 330 g/mol. The van der Waals surface area contributed by atoms with Crippen LogP contribution < -0.4 is 0 Å². The Hall–Kier alpha value is -2.55. The highest BCUT2D eigenvalue weighted by molar-refractivity contribution is 5.80. The van der Waals surface area contributed by atoms with Gasteiger partial charge in [-0.25, -0.2) is 4.79 Å². The second-order valence-electron chi connectivity index (χ2n) is 6.85. The van der Waals surface area contributed by atoms with Crippen LogP contribution in [0.4, 0.5) is 4.79 Å². The smallest absolute Gasteiger partial charge is 0.409 e. The lowest BCUT2D eigenvalue weighted by Gasteiger charge is -2.36. The summed E-state index contributed by atoms with van der Waals surface area (Å²) in [6.07, 6.45) is 1.25. The molecule has 2 rings (SSSR count). The Balaban J connectivity index is 2.07. The molecule has 0 aromatic heterocycles. The average molecular weight is 357 g/mol. The number of nitriles is 1. The highest BCUT2D eigenvalue weighted by atomic mass is 16.6. The van der Waals surface area contributed by atoms with Gasteiger partial charge in [-0.3, -0.25) is 4.79 Å². The lowest BCUT2D eigenvalue weighted by atomic mass is 9.96. The first-order valence-electron chi connectivity index (χ1n) is 9.17. The van der Waals surface area contributed by atoms with Gasteiger partial charge >= 0.3 is 6.09 Å². The first-order chi connectivity index (χ1) is 12.5. The standard InChI is InChI=1S/C20H27N3O3/c1-4-26-20(25)22-11-5-6-18(14-22)19(24)23(15(2)3)13-17-9-7-16(12-21)8-10-17/h7-10,15,18H,4-6,11,13-14H2,1-3H3. The maximum atomic E-state index is 13.1. The van der Waals surface area contributed by atoms with E-state index in [2.05, 4.69) is 6.07 Å². The van der Waals surface area contributed by atoms with Crippen LogP contribution in [-0.2, 0) is 16.1 Å². The van der Waals surface area contributed by atoms with Gasteiger partial charge in [0.1, 0.15) is 0 Å². The fraction of sp³-hybridized carbons (Fsp3) is 0.550. The molecule has 1 aromatic carbocycles. The Bertz CT molecular complexity index is 664. The van der Waals surface area contributed by atoms with Crippen LogP contribution in [0.2, 0.25) is 0 Å². The van der Waals surface area contributed by atoms with Gasteiger partial charge in [0, 0.05) is 25.7 Å². The number of likely N-dealkylation sites (tertiary alicyclic amines) is 1. The lowest BCUT2D eigenvalue weighted by Crippen LogP contribution is -2.48. The molecule has 1 unspecified atom stereocenters. The molecule has 26 heavy (non-hydrogen) atoms. The van der Waals surface area contributed by atoms with Gasteiger partial charge in [0.25, 0.3) is 0 Å². The van der Waals surface area contributed by atoms with Gasteiger partial charge in [0.15, 0.2) is 0 Å². The third kappa shape index (κ3) is 4.98. The van der Waals surface area contributed by atoms with E-state index in [1.165, 1.54) is 0 Å². The molecule has 0 radical (unpaired) electrons. The van der Waals surface area contributed by atoms with Gasteiger partial charge in [0.05, 0.1) is 24.2 Å². The summed E-state index contributed by atoms with van der Waals surface area (Å²) in [6, 6.07) is 9.45. The number of nitrogens with zero attached hydrogens (tertiary/aromatic N) is 3. The van der Waals surface area contributed by atoms with Crippen LogP contribution in [0.5, 0.6) is 0 Å². The number of carbonyl (C=O) groups excluding carboxylic acids is 2. The molecule has 6 heteroatoms. The molecule has 0 bridgehead atoms. The van der Waals surface area contributed by atoms with E-state index in [9.17, 15) is 9.59 Å². The van der Waals surface area contributed by atoms with Crippen molar-refractivity contribution in [3.05, 3.63) is 35.4 Å². The van der Waals surface area contributed by atoms with Crippen molar-refractivity contribution in [2.24, 2.45) is 5.92 Å². The summed E-state index contributed by atoms with van der Waals surface area (Å²) in [5.74, 6) is -0.132. The Morgan fingerprint density at radius 2 is 2.04 bits per heavy atom. The molecule has 140 valence electrons. The summed E-state index contributed by atoms with van der Waals surface area (Å²) in [6.45, 7) is 7.65. The van der Waals surface area contributed by atoms with Gasteiger partial charge in [-0.2, -0.15) is 5.26 Å². The van der Waals surface area contributed by atoms with Gasteiger partial charge < -0.3 is 14.5 Å². The molecule has 0 aliphatic carbocycles. The monoisotopic (exact) mass is 357 g/mol. The minimum Gasteiger partial charge on any atom is -0.450 e. The Kier molecular flexibility index (Phi) is 7.02. The molecule has 1 aliphatic rings. The molecule has 1 aromatic rings. The molecule has 0 spiro atoms. The van der Waals surface area contributed by atoms with Gasteiger partial charge in [-0.15, -0.1) is 0 Å². The molecule has 0 N–H and O–H groups in total. The lowest BCUT2D eigenvalue weighted by molar-refractivity contribution is -0.139. The van der Waals surface area contributed by atoms with E-state index in [1.54, 1.807) is 24.0 Å². The maximum Gasteiger partial charge on any atom is 0.409 e. The molecule has 1 saturated heterocycles. The first-order valence-corrected chi connectivity index (χ1v) is 9.17. The summed E-state index contributed by atoms with van der Waals surface area (Å²) in [7, 11) is 0. The zero-order valence-electron chi connectivity index (χ0n) is 15.8. The first kappa shape index (κ1) is 19.8. The number of carbonyl (C=O) groups is 2. The van der Waals surface area contributed by atoms with Gasteiger partial charge in [-0.05, 0) is 51.3 Å². The van der Waals surface area contributed by atoms with Gasteiger partial charge in [-0.1, -0.05) is 12.1 Å². The van der Waals surface area contributed by atoms with Crippen molar-refractivity contribution in [1.82, 2.24) is 9.80 Å². The van der Waals surface area contributed by atoms with Crippen molar-refractivity contribution in [3.8, 4) is 6.07 Å². The largest absolute Gasteiger partial charge is 0.450 e. The number of hydrogen-bond acceptors (Lipinski definition) is 4. The normalized spacial score (nSPS) is 16.9. The predicted octanol–water partition coefficient (Wildman–Crippen LogP) is 3.16. The molecule has 0 saturated carbocycles. The average Bonchev–Trinajstić information content (AvgIpc) is 2.66. The van der Waals surface area contributed by atoms with Crippen molar-refractivity contribution in [2.45, 2.75) is 46.2 Å². The van der Waals surface area contributed by atoms with Crippen molar-refractivity contribution < 1.29 is 14.3 Å². The van der Waals surface area contributed by atoms with E-state index in [1.807, 2.05) is 30.9 Å². The van der Waals surface area contributed by atoms with Crippen LogP contribution in [-0.4, -0.2) is 47.5 Å². The Morgan fingerprint density at radius 1 is 1.35 bits per heavy atom. The van der Waals surface area contributed by atoms with E-state index in [0.29, 0.717) is 31.8 Å². The van der Waals surface area contributed by atoms with E-state index in [4.69, 9.17) is 10.00 Å². The van der Waals surface area contributed by atoms with Crippen molar-refractivity contribution in [2.75, 3.05) is 19.7 Å². The molecule has 6 nitrogen and oxygen atoms in total. The molecular formula is C20H27N3O3. The number of amides is 2. The van der Waals surface area contributed by atoms with Crippen molar-refractivity contribution in [1.29, 1.82) is 5.26 Å². The summed E-state index contributed by atoms with van der Waals surface area (Å²) in [5.41, 5.74) is 1.60. The van der Waals surface area contributed by atoms with Crippen LogP contribution in [0.25, 0.3) is 0 Å². The summed E-state index contributed by atoms with van der Waals surface area (Å²) >= 11 is 0. The fourth-order valence-corrected chi connectivity index (χ4v) is 3.19. The van der Waals surface area contributed by atoms with Crippen LogP contribution in [0.3, 0.4) is 0 Å². The Labute approximate surface area is 155 Å². The van der Waals surface area contributed by atoms with Crippen molar-refractivity contribution >= 4 is 12.0 Å². The van der Waals surface area contributed by atoms with Gasteiger partial charge in [0.2, 0.25) is 5.91 Å². The zero-order chi connectivity index (χ0) is 19.1. The molecule has 1 aliphatic heterocycles. The minimum atomic E-state index is -0.340. The topological polar surface area (TPSA) is 73.6 Å². The number of ether oxygens (including phenoxy) is 1. The number of benzene rings is 1. The van der Waals surface area contributed by atoms with Crippen LogP contribution in [0.15, 0.2) is 24.3 Å². The third-order valence-corrected chi connectivity index (χ3v) is 4.64. The highest BCUT2D eigenvalue weighted by Gasteiger charge is 2.32. The van der Waals surface area contributed by atoms with Crippen molar-refractivity contribution in [3.63, 3.8) is 0 Å². The van der Waals surface area contributed by atoms with E-state index < -0.39 is 0 Å². The number of hydrogen-bond donors (Lipinski definition) is 0. The highest BCUT2D eigenvalue weighted by Crippen LogP contribution is 2.22. The second kappa shape index (κ2) is 9.23. The van der Waals surface area contributed by atoms with Crippen LogP contribution in [0, 0.1) is 17.2 Å².